The van der Waals surface area contributed by atoms with Crippen molar-refractivity contribution in [2.24, 2.45) is 0 Å². The molecule has 2 rings (SSSR count). The van der Waals surface area contributed by atoms with Crippen LogP contribution in [-0.4, -0.2) is 62.7 Å². The number of piperazine rings is 1. The topological polar surface area (TPSA) is 27.7 Å². The van der Waals surface area contributed by atoms with Crippen molar-refractivity contribution in [3.63, 3.8) is 0 Å². The zero-order valence-corrected chi connectivity index (χ0v) is 13.5. The lowest BCUT2D eigenvalue weighted by Crippen LogP contribution is -2.45. The lowest BCUT2D eigenvalue weighted by molar-refractivity contribution is 0.133. The molecule has 0 saturated carbocycles. The molecule has 1 N–H and O–H groups in total. The Kier molecular flexibility index (Phi) is 7.00. The predicted molar refractivity (Wildman–Crippen MR) is 87.9 cm³/mol. The smallest absolute Gasteiger partial charge is 0.123 e. The number of nitrogens with one attached hydrogen (secondary N) is 1. The zero-order chi connectivity index (χ0) is 14.9. The molecule has 1 aromatic carbocycles. The molecule has 1 fully saturated rings. The Hall–Kier alpha value is -1.10. The summed E-state index contributed by atoms with van der Waals surface area (Å²) in [7, 11) is 2.19. The van der Waals surface area contributed by atoms with Gasteiger partial charge in [0.15, 0.2) is 0 Å². The first-order valence-electron chi connectivity index (χ1n) is 8.12. The van der Waals surface area contributed by atoms with E-state index in [1.54, 1.807) is 0 Å². The molecule has 1 heterocycles. The van der Waals surface area contributed by atoms with Crippen molar-refractivity contribution >= 4 is 0 Å². The summed E-state index contributed by atoms with van der Waals surface area (Å²) in [4.78, 5) is 4.87. The van der Waals surface area contributed by atoms with Crippen molar-refractivity contribution in [1.29, 1.82) is 0 Å². The van der Waals surface area contributed by atoms with Gasteiger partial charge in [0.25, 0.3) is 0 Å². The van der Waals surface area contributed by atoms with Crippen LogP contribution in [0.25, 0.3) is 0 Å². The Labute approximate surface area is 129 Å². The van der Waals surface area contributed by atoms with Gasteiger partial charge in [0.05, 0.1) is 0 Å². The van der Waals surface area contributed by atoms with E-state index in [0.717, 1.165) is 64.6 Å². The molecule has 1 aromatic rings. The number of ether oxygens (including phenoxy) is 1. The van der Waals surface area contributed by atoms with Gasteiger partial charge in [-0.2, -0.15) is 0 Å². The van der Waals surface area contributed by atoms with Crippen LogP contribution in [0, 0.1) is 0 Å². The lowest BCUT2D eigenvalue weighted by Gasteiger charge is -2.32. The maximum atomic E-state index is 6.00. The van der Waals surface area contributed by atoms with Gasteiger partial charge in [-0.15, -0.1) is 0 Å². The van der Waals surface area contributed by atoms with E-state index in [0.29, 0.717) is 0 Å². The van der Waals surface area contributed by atoms with Crippen LogP contribution >= 0.6 is 0 Å². The molecule has 1 aliphatic rings. The average molecular weight is 291 g/mol. The minimum absolute atomic E-state index is 0.772. The van der Waals surface area contributed by atoms with E-state index in [1.807, 2.05) is 0 Å². The molecule has 1 aliphatic heterocycles. The fraction of sp³-hybridized carbons (Fsp3) is 0.647. The van der Waals surface area contributed by atoms with Gasteiger partial charge in [0, 0.05) is 44.8 Å². The summed E-state index contributed by atoms with van der Waals surface area (Å²) in [5.74, 6) is 1.02. The standard InChI is InChI=1S/C17H29N3O/c1-3-8-18-15-16-6-4-5-7-17(16)21-14-13-20-11-9-19(2)10-12-20/h4-7,18H,3,8-15H2,1-2H3. The van der Waals surface area contributed by atoms with Crippen molar-refractivity contribution in [3.05, 3.63) is 29.8 Å². The van der Waals surface area contributed by atoms with Crippen molar-refractivity contribution in [2.45, 2.75) is 19.9 Å². The Morgan fingerprint density at radius 2 is 1.90 bits per heavy atom. The van der Waals surface area contributed by atoms with Gasteiger partial charge in [0.2, 0.25) is 0 Å². The van der Waals surface area contributed by atoms with E-state index in [2.05, 4.69) is 53.4 Å². The quantitative estimate of drug-likeness (QED) is 0.739. The maximum absolute atomic E-state index is 6.00. The monoisotopic (exact) mass is 291 g/mol. The highest BCUT2D eigenvalue weighted by atomic mass is 16.5. The van der Waals surface area contributed by atoms with Gasteiger partial charge in [-0.3, -0.25) is 4.90 Å². The molecule has 21 heavy (non-hydrogen) atoms. The van der Waals surface area contributed by atoms with Crippen molar-refractivity contribution in [2.75, 3.05) is 52.9 Å². The van der Waals surface area contributed by atoms with Crippen molar-refractivity contribution < 1.29 is 4.74 Å². The summed E-state index contributed by atoms with van der Waals surface area (Å²) in [5.41, 5.74) is 1.25. The van der Waals surface area contributed by atoms with Crippen LogP contribution in [0.5, 0.6) is 5.75 Å². The maximum Gasteiger partial charge on any atom is 0.123 e. The van der Waals surface area contributed by atoms with Crippen LogP contribution in [0.15, 0.2) is 24.3 Å². The van der Waals surface area contributed by atoms with Gasteiger partial charge in [0.1, 0.15) is 12.4 Å². The second-order valence-electron chi connectivity index (χ2n) is 5.78. The van der Waals surface area contributed by atoms with Crippen LogP contribution in [-0.2, 0) is 6.54 Å². The Balaban J connectivity index is 1.74. The highest BCUT2D eigenvalue weighted by Gasteiger charge is 2.13. The molecule has 4 heteroatoms. The highest BCUT2D eigenvalue weighted by Crippen LogP contribution is 2.17. The van der Waals surface area contributed by atoms with E-state index < -0.39 is 0 Å². The molecular formula is C17H29N3O. The van der Waals surface area contributed by atoms with Crippen LogP contribution < -0.4 is 10.1 Å². The summed E-state index contributed by atoms with van der Waals surface area (Å²) >= 11 is 0. The second-order valence-corrected chi connectivity index (χ2v) is 5.78. The number of hydrogen-bond acceptors (Lipinski definition) is 4. The minimum Gasteiger partial charge on any atom is -0.492 e. The second kappa shape index (κ2) is 9.03. The fourth-order valence-corrected chi connectivity index (χ4v) is 2.55. The van der Waals surface area contributed by atoms with Crippen molar-refractivity contribution in [1.82, 2.24) is 15.1 Å². The van der Waals surface area contributed by atoms with E-state index in [4.69, 9.17) is 4.74 Å². The lowest BCUT2D eigenvalue weighted by atomic mass is 10.2. The first kappa shape index (κ1) is 16.3. The molecule has 0 radical (unpaired) electrons. The Bertz CT molecular complexity index is 403. The third-order valence-corrected chi connectivity index (χ3v) is 3.98. The molecule has 0 unspecified atom stereocenters. The number of benzene rings is 1. The number of hydrogen-bond donors (Lipinski definition) is 1. The van der Waals surface area contributed by atoms with Crippen LogP contribution in [0.4, 0.5) is 0 Å². The summed E-state index contributed by atoms with van der Waals surface area (Å²) < 4.78 is 6.00. The molecule has 0 bridgehead atoms. The number of rotatable bonds is 8. The first-order chi connectivity index (χ1) is 10.3. The predicted octanol–water partition coefficient (Wildman–Crippen LogP) is 1.81. The molecule has 0 aliphatic carbocycles. The molecule has 118 valence electrons. The molecule has 0 atom stereocenters. The molecular weight excluding hydrogens is 262 g/mol. The molecule has 0 spiro atoms. The van der Waals surface area contributed by atoms with Gasteiger partial charge in [-0.05, 0) is 26.1 Å². The van der Waals surface area contributed by atoms with Gasteiger partial charge in [-0.25, -0.2) is 0 Å². The van der Waals surface area contributed by atoms with E-state index in [1.165, 1.54) is 5.56 Å². The first-order valence-corrected chi connectivity index (χ1v) is 8.12. The van der Waals surface area contributed by atoms with E-state index in [-0.39, 0.29) is 0 Å². The Morgan fingerprint density at radius 1 is 1.14 bits per heavy atom. The van der Waals surface area contributed by atoms with E-state index in [9.17, 15) is 0 Å². The summed E-state index contributed by atoms with van der Waals surface area (Å²) in [6.07, 6.45) is 1.16. The van der Waals surface area contributed by atoms with E-state index >= 15 is 0 Å². The van der Waals surface area contributed by atoms with Crippen LogP contribution in [0.3, 0.4) is 0 Å². The SMILES string of the molecule is CCCNCc1ccccc1OCCN1CCN(C)CC1. The highest BCUT2D eigenvalue weighted by molar-refractivity contribution is 5.33. The fourth-order valence-electron chi connectivity index (χ4n) is 2.55. The van der Waals surface area contributed by atoms with Crippen molar-refractivity contribution in [3.8, 4) is 5.75 Å². The zero-order valence-electron chi connectivity index (χ0n) is 13.5. The third kappa shape index (κ3) is 5.65. The third-order valence-electron chi connectivity index (χ3n) is 3.98. The molecule has 0 amide bonds. The molecule has 4 nitrogen and oxygen atoms in total. The molecule has 0 aromatic heterocycles. The van der Waals surface area contributed by atoms with Gasteiger partial charge < -0.3 is 15.0 Å². The van der Waals surface area contributed by atoms with Crippen LogP contribution in [0.1, 0.15) is 18.9 Å². The largest absolute Gasteiger partial charge is 0.492 e. The van der Waals surface area contributed by atoms with Crippen LogP contribution in [0.2, 0.25) is 0 Å². The number of para-hydroxylation sites is 1. The molecule has 1 saturated heterocycles. The average Bonchev–Trinajstić information content (AvgIpc) is 2.51. The summed E-state index contributed by atoms with van der Waals surface area (Å²) in [5, 5.41) is 3.44. The summed E-state index contributed by atoms with van der Waals surface area (Å²) in [6.45, 7) is 10.5. The van der Waals surface area contributed by atoms with Gasteiger partial charge >= 0.3 is 0 Å². The minimum atomic E-state index is 0.772. The van der Waals surface area contributed by atoms with Gasteiger partial charge in [-0.1, -0.05) is 25.1 Å². The number of likely N-dealkylation sites (N-methyl/N-ethyl adjacent to an activating group) is 1. The summed E-state index contributed by atoms with van der Waals surface area (Å²) in [6, 6.07) is 8.35. The normalized spacial score (nSPS) is 17.0. The Morgan fingerprint density at radius 3 is 2.67 bits per heavy atom. The number of nitrogens with zero attached hydrogens (tertiary/aromatic N) is 2.